The third-order valence-corrected chi connectivity index (χ3v) is 4.60. The lowest BCUT2D eigenvalue weighted by Crippen LogP contribution is -2.37. The molecular weight excluding hydrogens is 308 g/mol. The minimum absolute atomic E-state index is 0.119. The summed E-state index contributed by atoms with van der Waals surface area (Å²) in [6.07, 6.45) is 0. The minimum atomic E-state index is -0.505. The zero-order valence-electron chi connectivity index (χ0n) is 12.9. The molecule has 0 amide bonds. The van der Waals surface area contributed by atoms with Gasteiger partial charge in [-0.15, -0.1) is 0 Å². The van der Waals surface area contributed by atoms with E-state index in [0.29, 0.717) is 10.8 Å². The van der Waals surface area contributed by atoms with Crippen LogP contribution in [0.5, 0.6) is 0 Å². The molecule has 0 spiro atoms. The topological polar surface area (TPSA) is 99.1 Å². The van der Waals surface area contributed by atoms with Crippen LogP contribution in [0.25, 0.3) is 11.2 Å². The number of aliphatic hydroxyl groups is 1. The highest BCUT2D eigenvalue weighted by atomic mass is 32.2. The number of allylic oxidation sites excluding steroid dienone is 2. The molecule has 8 nitrogen and oxygen atoms in total. The highest BCUT2D eigenvalue weighted by Gasteiger charge is 2.20. The maximum Gasteiger partial charge on any atom is 0.332 e. The van der Waals surface area contributed by atoms with Gasteiger partial charge in [0.15, 0.2) is 22.1 Å². The predicted molar refractivity (Wildman–Crippen MR) is 83.1 cm³/mol. The van der Waals surface area contributed by atoms with E-state index >= 15 is 0 Å². The van der Waals surface area contributed by atoms with Crippen LogP contribution in [0.15, 0.2) is 25.4 Å². The van der Waals surface area contributed by atoms with Crippen molar-refractivity contribution in [1.82, 2.24) is 18.7 Å². The van der Waals surface area contributed by atoms with E-state index in [9.17, 15) is 19.5 Å². The van der Waals surface area contributed by atoms with Crippen LogP contribution in [0.1, 0.15) is 13.8 Å². The molecule has 2 heterocycles. The second-order valence-electron chi connectivity index (χ2n) is 4.90. The first-order valence-electron chi connectivity index (χ1n) is 6.37. The van der Waals surface area contributed by atoms with E-state index in [1.54, 1.807) is 18.7 Å². The Bertz CT molecular complexity index is 928. The number of hydrogen-bond donors (Lipinski definition) is 1. The maximum absolute atomic E-state index is 12.2. The first-order chi connectivity index (χ1) is 10.2. The van der Waals surface area contributed by atoms with E-state index in [1.807, 2.05) is 0 Å². The molecule has 0 atom stereocenters. The van der Waals surface area contributed by atoms with E-state index < -0.39 is 11.2 Å². The number of carbonyl (C=O) groups excluding carboxylic acids is 1. The number of carbonyl (C=O) groups is 1. The number of nitrogens with zero attached hydrogens (tertiary/aromatic N) is 4. The van der Waals surface area contributed by atoms with Crippen molar-refractivity contribution < 1.29 is 9.90 Å². The third-order valence-electron chi connectivity index (χ3n) is 3.26. The zero-order chi connectivity index (χ0) is 16.8. The molecule has 0 aromatic carbocycles. The van der Waals surface area contributed by atoms with E-state index in [-0.39, 0.29) is 22.0 Å². The molecule has 0 unspecified atom stereocenters. The summed E-state index contributed by atoms with van der Waals surface area (Å²) in [6, 6.07) is 0. The Kier molecular flexibility index (Phi) is 4.01. The zero-order valence-corrected chi connectivity index (χ0v) is 13.7. The molecule has 0 aliphatic rings. The van der Waals surface area contributed by atoms with Crippen molar-refractivity contribution in [3.05, 3.63) is 31.5 Å². The van der Waals surface area contributed by atoms with Gasteiger partial charge in [0, 0.05) is 21.1 Å². The summed E-state index contributed by atoms with van der Waals surface area (Å²) in [4.78, 5) is 40.0. The Balaban J connectivity index is 2.77. The molecule has 118 valence electrons. The number of aromatic nitrogens is 4. The van der Waals surface area contributed by atoms with Crippen molar-refractivity contribution in [2.24, 2.45) is 21.1 Å². The summed E-state index contributed by atoms with van der Waals surface area (Å²) in [5, 5.41) is 9.93. The molecule has 2 aromatic rings. The molecule has 0 aliphatic heterocycles. The van der Waals surface area contributed by atoms with Gasteiger partial charge in [-0.3, -0.25) is 18.7 Å². The Labute approximate surface area is 129 Å². The van der Waals surface area contributed by atoms with Gasteiger partial charge in [-0.25, -0.2) is 9.78 Å². The van der Waals surface area contributed by atoms with E-state index in [0.717, 1.165) is 16.3 Å². The van der Waals surface area contributed by atoms with E-state index in [1.165, 1.54) is 25.5 Å². The molecule has 0 radical (unpaired) electrons. The number of hydrogen-bond acceptors (Lipinski definition) is 6. The highest BCUT2D eigenvalue weighted by Crippen LogP contribution is 2.29. The SMILES string of the molecule is CC(=O)/C(Sc1nc2c(=O)n(C)c(=O)n(C)c2n1C)=C(/C)O. The average molecular weight is 324 g/mol. The molecule has 2 rings (SSSR count). The van der Waals surface area contributed by atoms with Crippen LogP contribution in [-0.4, -0.2) is 29.6 Å². The number of Topliss-reactive ketones (excluding diaryl/α,β-unsaturated/α-hetero) is 1. The molecule has 0 fully saturated rings. The smallest absolute Gasteiger partial charge is 0.332 e. The van der Waals surface area contributed by atoms with Crippen molar-refractivity contribution in [2.75, 3.05) is 0 Å². The van der Waals surface area contributed by atoms with E-state index in [2.05, 4.69) is 4.98 Å². The Morgan fingerprint density at radius 3 is 2.18 bits per heavy atom. The standard InChI is InChI=1S/C13H16N4O4S/c1-6(18)9(7(2)19)22-12-14-8-10(15(12)3)16(4)13(21)17(5)11(8)20/h18H,1-5H3/b9-6+. The first-order valence-corrected chi connectivity index (χ1v) is 7.19. The lowest BCUT2D eigenvalue weighted by molar-refractivity contribution is -0.113. The van der Waals surface area contributed by atoms with Crippen molar-refractivity contribution >= 4 is 28.7 Å². The van der Waals surface area contributed by atoms with Crippen LogP contribution < -0.4 is 11.2 Å². The number of aryl methyl sites for hydroxylation is 2. The summed E-state index contributed by atoms with van der Waals surface area (Å²) >= 11 is 0.955. The maximum atomic E-state index is 12.2. The minimum Gasteiger partial charge on any atom is -0.511 e. The molecular formula is C13H16N4O4S. The second-order valence-corrected chi connectivity index (χ2v) is 5.88. The highest BCUT2D eigenvalue weighted by molar-refractivity contribution is 8.03. The number of thioether (sulfide) groups is 1. The Morgan fingerprint density at radius 2 is 1.68 bits per heavy atom. The summed E-state index contributed by atoms with van der Waals surface area (Å²) in [5.41, 5.74) is -0.477. The van der Waals surface area contributed by atoms with Crippen molar-refractivity contribution in [3.8, 4) is 0 Å². The Morgan fingerprint density at radius 1 is 1.09 bits per heavy atom. The molecule has 2 aromatic heterocycles. The van der Waals surface area contributed by atoms with Crippen molar-refractivity contribution in [1.29, 1.82) is 0 Å². The molecule has 22 heavy (non-hydrogen) atoms. The first kappa shape index (κ1) is 16.1. The molecule has 0 saturated heterocycles. The monoisotopic (exact) mass is 324 g/mol. The van der Waals surface area contributed by atoms with Gasteiger partial charge in [0.1, 0.15) is 5.76 Å². The number of fused-ring (bicyclic) bond motifs is 1. The van der Waals surface area contributed by atoms with Gasteiger partial charge < -0.3 is 9.67 Å². The summed E-state index contributed by atoms with van der Waals surface area (Å²) in [6.45, 7) is 2.74. The summed E-state index contributed by atoms with van der Waals surface area (Å²) in [7, 11) is 4.56. The third kappa shape index (κ3) is 2.37. The van der Waals surface area contributed by atoms with Gasteiger partial charge in [-0.1, -0.05) is 0 Å². The number of imidazole rings is 1. The van der Waals surface area contributed by atoms with E-state index in [4.69, 9.17) is 0 Å². The number of ketones is 1. The van der Waals surface area contributed by atoms with Crippen molar-refractivity contribution in [3.63, 3.8) is 0 Å². The summed E-state index contributed by atoms with van der Waals surface area (Å²) < 4.78 is 3.84. The van der Waals surface area contributed by atoms with Crippen LogP contribution in [0.2, 0.25) is 0 Å². The van der Waals surface area contributed by atoms with Gasteiger partial charge in [0.25, 0.3) is 5.56 Å². The van der Waals surface area contributed by atoms with Gasteiger partial charge in [0.2, 0.25) is 0 Å². The Hall–Kier alpha value is -2.29. The molecule has 0 bridgehead atoms. The fourth-order valence-electron chi connectivity index (χ4n) is 2.14. The predicted octanol–water partition coefficient (Wildman–Crippen LogP) is 0.441. The number of rotatable bonds is 3. The fourth-order valence-corrected chi connectivity index (χ4v) is 2.98. The quantitative estimate of drug-likeness (QED) is 0.500. The molecule has 0 saturated carbocycles. The lowest BCUT2D eigenvalue weighted by atomic mass is 10.4. The van der Waals surface area contributed by atoms with Gasteiger partial charge in [-0.2, -0.15) is 0 Å². The summed E-state index contributed by atoms with van der Waals surface area (Å²) in [5.74, 6) is -0.426. The van der Waals surface area contributed by atoms with Crippen LogP contribution in [0.4, 0.5) is 0 Å². The molecule has 1 N–H and O–H groups in total. The van der Waals surface area contributed by atoms with Gasteiger partial charge in [-0.05, 0) is 25.6 Å². The fraction of sp³-hybridized carbons (Fsp3) is 0.385. The average Bonchev–Trinajstić information content (AvgIpc) is 2.76. The molecule has 9 heteroatoms. The normalized spacial score (nSPS) is 12.6. The van der Waals surface area contributed by atoms with Crippen LogP contribution in [0.3, 0.4) is 0 Å². The molecule has 0 aliphatic carbocycles. The van der Waals surface area contributed by atoms with Gasteiger partial charge >= 0.3 is 5.69 Å². The van der Waals surface area contributed by atoms with Crippen LogP contribution >= 0.6 is 11.8 Å². The lowest BCUT2D eigenvalue weighted by Gasteiger charge is -2.07. The second kappa shape index (κ2) is 5.48. The van der Waals surface area contributed by atoms with Gasteiger partial charge in [0.05, 0.1) is 4.91 Å². The largest absolute Gasteiger partial charge is 0.511 e. The number of aliphatic hydroxyl groups excluding tert-OH is 1. The van der Waals surface area contributed by atoms with Crippen LogP contribution in [-0.2, 0) is 25.9 Å². The van der Waals surface area contributed by atoms with Crippen LogP contribution in [0, 0.1) is 0 Å². The van der Waals surface area contributed by atoms with Crippen molar-refractivity contribution in [2.45, 2.75) is 19.0 Å².